The van der Waals surface area contributed by atoms with Gasteiger partial charge >= 0.3 is 0 Å². The number of nitrogens with zero attached hydrogens (tertiary/aromatic N) is 3. The number of imidazole rings is 1. The number of rotatable bonds is 4. The van der Waals surface area contributed by atoms with E-state index in [9.17, 15) is 0 Å². The van der Waals surface area contributed by atoms with Crippen molar-refractivity contribution in [3.05, 3.63) is 54.6 Å². The fraction of sp³-hybridized carbons (Fsp3) is 0.200. The highest BCUT2D eigenvalue weighted by Gasteiger charge is 2.11. The van der Waals surface area contributed by atoms with E-state index in [4.69, 9.17) is 4.98 Å². The second kappa shape index (κ2) is 5.20. The molecule has 0 fully saturated rings. The smallest absolute Gasteiger partial charge is 0.144 e. The van der Waals surface area contributed by atoms with Gasteiger partial charge in [-0.3, -0.25) is 9.38 Å². The molecule has 4 nitrogen and oxygen atoms in total. The van der Waals surface area contributed by atoms with Crippen LogP contribution in [0.4, 0.5) is 0 Å². The van der Waals surface area contributed by atoms with E-state index in [1.807, 2.05) is 30.5 Å². The molecular weight excluding hydrogens is 236 g/mol. The Morgan fingerprint density at radius 1 is 1.16 bits per heavy atom. The van der Waals surface area contributed by atoms with Gasteiger partial charge < -0.3 is 5.32 Å². The lowest BCUT2D eigenvalue weighted by molar-refractivity contribution is 0.718. The van der Waals surface area contributed by atoms with Crippen LogP contribution in [0.15, 0.2) is 48.9 Å². The van der Waals surface area contributed by atoms with Crippen LogP contribution in [0.1, 0.15) is 12.6 Å². The number of fused-ring (bicyclic) bond motifs is 1. The number of hydrogen-bond acceptors (Lipinski definition) is 3. The highest BCUT2D eigenvalue weighted by molar-refractivity contribution is 5.65. The van der Waals surface area contributed by atoms with Crippen LogP contribution >= 0.6 is 0 Å². The van der Waals surface area contributed by atoms with E-state index in [1.165, 1.54) is 0 Å². The first-order chi connectivity index (χ1) is 9.40. The third-order valence-corrected chi connectivity index (χ3v) is 3.11. The number of nitrogens with one attached hydrogen (secondary N) is 1. The van der Waals surface area contributed by atoms with E-state index >= 15 is 0 Å². The standard InChI is InChI=1S/C15H16N4/c1-2-16-11-13-14-5-3-4-10-19(14)15(18-13)12-6-8-17-9-7-12/h3-10,16H,2,11H2,1H3. The van der Waals surface area contributed by atoms with E-state index in [-0.39, 0.29) is 0 Å². The summed E-state index contributed by atoms with van der Waals surface area (Å²) in [6.45, 7) is 3.83. The van der Waals surface area contributed by atoms with Gasteiger partial charge in [-0.25, -0.2) is 4.98 Å². The minimum Gasteiger partial charge on any atom is -0.311 e. The number of aromatic nitrogens is 3. The van der Waals surface area contributed by atoms with E-state index in [0.29, 0.717) is 0 Å². The zero-order valence-corrected chi connectivity index (χ0v) is 10.9. The molecule has 0 aliphatic heterocycles. The molecule has 0 bridgehead atoms. The van der Waals surface area contributed by atoms with Gasteiger partial charge in [-0.1, -0.05) is 13.0 Å². The van der Waals surface area contributed by atoms with Crippen LogP contribution in [0.5, 0.6) is 0 Å². The van der Waals surface area contributed by atoms with Gasteiger partial charge in [-0.15, -0.1) is 0 Å². The summed E-state index contributed by atoms with van der Waals surface area (Å²) in [6.07, 6.45) is 5.64. The van der Waals surface area contributed by atoms with Crippen molar-refractivity contribution in [1.82, 2.24) is 19.7 Å². The minimum atomic E-state index is 0.787. The van der Waals surface area contributed by atoms with Gasteiger partial charge in [-0.2, -0.15) is 0 Å². The van der Waals surface area contributed by atoms with Crippen molar-refractivity contribution in [1.29, 1.82) is 0 Å². The summed E-state index contributed by atoms with van der Waals surface area (Å²) in [5.74, 6) is 0.964. The molecule has 0 atom stereocenters. The molecule has 0 aliphatic rings. The lowest BCUT2D eigenvalue weighted by Gasteiger charge is -2.00. The van der Waals surface area contributed by atoms with Gasteiger partial charge in [0.25, 0.3) is 0 Å². The molecule has 3 aromatic heterocycles. The molecule has 4 heteroatoms. The van der Waals surface area contributed by atoms with Gasteiger partial charge in [0.15, 0.2) is 0 Å². The third kappa shape index (κ3) is 2.22. The summed E-state index contributed by atoms with van der Waals surface area (Å²) in [5, 5.41) is 3.33. The highest BCUT2D eigenvalue weighted by Crippen LogP contribution is 2.21. The predicted octanol–water partition coefficient (Wildman–Crippen LogP) is 2.51. The lowest BCUT2D eigenvalue weighted by Crippen LogP contribution is -2.12. The molecule has 0 amide bonds. The molecule has 3 heterocycles. The van der Waals surface area contributed by atoms with Crippen LogP contribution in [0.2, 0.25) is 0 Å². The van der Waals surface area contributed by atoms with Crippen molar-refractivity contribution in [3.63, 3.8) is 0 Å². The van der Waals surface area contributed by atoms with Crippen LogP contribution < -0.4 is 5.32 Å². The first kappa shape index (κ1) is 11.9. The second-order valence-corrected chi connectivity index (χ2v) is 4.35. The molecule has 0 radical (unpaired) electrons. The molecule has 3 aromatic rings. The van der Waals surface area contributed by atoms with Crippen molar-refractivity contribution in [3.8, 4) is 11.4 Å². The van der Waals surface area contributed by atoms with Gasteiger partial charge in [0.05, 0.1) is 11.2 Å². The van der Waals surface area contributed by atoms with E-state index in [1.54, 1.807) is 12.4 Å². The summed E-state index contributed by atoms with van der Waals surface area (Å²) in [6, 6.07) is 10.1. The summed E-state index contributed by atoms with van der Waals surface area (Å²) in [7, 11) is 0. The normalized spacial score (nSPS) is 11.0. The SMILES string of the molecule is CCNCc1nc(-c2ccncc2)n2ccccc12. The van der Waals surface area contributed by atoms with Crippen LogP contribution in [-0.4, -0.2) is 20.9 Å². The topological polar surface area (TPSA) is 42.2 Å². The Bertz CT molecular complexity index is 673. The molecule has 0 aromatic carbocycles. The maximum Gasteiger partial charge on any atom is 0.144 e. The van der Waals surface area contributed by atoms with Gasteiger partial charge in [0, 0.05) is 30.7 Å². The van der Waals surface area contributed by atoms with Crippen LogP contribution in [0.25, 0.3) is 16.9 Å². The van der Waals surface area contributed by atoms with Gasteiger partial charge in [0.1, 0.15) is 5.82 Å². The highest BCUT2D eigenvalue weighted by atomic mass is 15.0. The first-order valence-electron chi connectivity index (χ1n) is 6.47. The predicted molar refractivity (Wildman–Crippen MR) is 75.8 cm³/mol. The summed E-state index contributed by atoms with van der Waals surface area (Å²) >= 11 is 0. The largest absolute Gasteiger partial charge is 0.311 e. The summed E-state index contributed by atoms with van der Waals surface area (Å²) < 4.78 is 2.13. The van der Waals surface area contributed by atoms with Crippen LogP contribution in [-0.2, 0) is 6.54 Å². The van der Waals surface area contributed by atoms with Crippen molar-refractivity contribution < 1.29 is 0 Å². The zero-order chi connectivity index (χ0) is 13.1. The molecule has 0 spiro atoms. The zero-order valence-electron chi connectivity index (χ0n) is 10.9. The Hall–Kier alpha value is -2.20. The Labute approximate surface area is 112 Å². The van der Waals surface area contributed by atoms with Gasteiger partial charge in [-0.05, 0) is 30.8 Å². The quantitative estimate of drug-likeness (QED) is 0.775. The first-order valence-corrected chi connectivity index (χ1v) is 6.47. The molecule has 0 unspecified atom stereocenters. The molecule has 96 valence electrons. The average Bonchev–Trinajstić information content (AvgIpc) is 2.85. The van der Waals surface area contributed by atoms with E-state index < -0.39 is 0 Å². The lowest BCUT2D eigenvalue weighted by atomic mass is 10.2. The number of hydrogen-bond donors (Lipinski definition) is 1. The summed E-state index contributed by atoms with van der Waals surface area (Å²) in [4.78, 5) is 8.83. The molecule has 19 heavy (non-hydrogen) atoms. The van der Waals surface area contributed by atoms with Crippen LogP contribution in [0, 0.1) is 0 Å². The van der Waals surface area contributed by atoms with Gasteiger partial charge in [0.2, 0.25) is 0 Å². The third-order valence-electron chi connectivity index (χ3n) is 3.11. The monoisotopic (exact) mass is 252 g/mol. The number of pyridine rings is 2. The maximum absolute atomic E-state index is 4.77. The van der Waals surface area contributed by atoms with E-state index in [0.717, 1.165) is 35.7 Å². The maximum atomic E-state index is 4.77. The van der Waals surface area contributed by atoms with E-state index in [2.05, 4.69) is 27.7 Å². The molecule has 0 aliphatic carbocycles. The Kier molecular flexibility index (Phi) is 3.25. The Morgan fingerprint density at radius 3 is 2.79 bits per heavy atom. The molecule has 3 rings (SSSR count). The summed E-state index contributed by atoms with van der Waals surface area (Å²) in [5.41, 5.74) is 3.31. The minimum absolute atomic E-state index is 0.787. The van der Waals surface area contributed by atoms with Crippen molar-refractivity contribution >= 4 is 5.52 Å². The molecule has 0 saturated heterocycles. The Balaban J connectivity index is 2.15. The molecule has 0 saturated carbocycles. The fourth-order valence-corrected chi connectivity index (χ4v) is 2.18. The Morgan fingerprint density at radius 2 is 2.00 bits per heavy atom. The van der Waals surface area contributed by atoms with Crippen molar-refractivity contribution in [2.24, 2.45) is 0 Å². The average molecular weight is 252 g/mol. The second-order valence-electron chi connectivity index (χ2n) is 4.35. The fourth-order valence-electron chi connectivity index (χ4n) is 2.18. The van der Waals surface area contributed by atoms with Crippen molar-refractivity contribution in [2.45, 2.75) is 13.5 Å². The van der Waals surface area contributed by atoms with Crippen molar-refractivity contribution in [2.75, 3.05) is 6.54 Å². The molecule has 1 N–H and O–H groups in total. The van der Waals surface area contributed by atoms with Crippen LogP contribution in [0.3, 0.4) is 0 Å². The molecular formula is C15H16N4.